The predicted molar refractivity (Wildman–Crippen MR) is 83.8 cm³/mol. The first-order valence-electron chi connectivity index (χ1n) is 7.96. The Morgan fingerprint density at radius 2 is 1.59 bits per heavy atom. The van der Waals surface area contributed by atoms with Gasteiger partial charge in [-0.05, 0) is 37.8 Å². The molecule has 5 nitrogen and oxygen atoms in total. The molecule has 22 heavy (non-hydrogen) atoms. The van der Waals surface area contributed by atoms with Crippen molar-refractivity contribution in [2.75, 3.05) is 19.6 Å². The van der Waals surface area contributed by atoms with Crippen molar-refractivity contribution in [1.29, 1.82) is 0 Å². The van der Waals surface area contributed by atoms with E-state index >= 15 is 0 Å². The van der Waals surface area contributed by atoms with Crippen LogP contribution in [-0.2, 0) is 14.8 Å². The lowest BCUT2D eigenvalue weighted by molar-refractivity contribution is -0.135. The summed E-state index contributed by atoms with van der Waals surface area (Å²) in [6, 6.07) is 7.89. The third-order valence-corrected chi connectivity index (χ3v) is 6.43. The molecule has 0 unspecified atom stereocenters. The van der Waals surface area contributed by atoms with Crippen LogP contribution >= 0.6 is 0 Å². The summed E-state index contributed by atoms with van der Waals surface area (Å²) < 4.78 is 27.2. The summed E-state index contributed by atoms with van der Waals surface area (Å²) in [7, 11) is -3.60. The van der Waals surface area contributed by atoms with E-state index in [9.17, 15) is 13.2 Å². The normalized spacial score (nSPS) is 23.6. The number of piperidine rings is 1. The SMILES string of the molecule is O=C([C@@H]1CCCCN1S(=O)(=O)c1ccccc1)N1CCCC1. The summed E-state index contributed by atoms with van der Waals surface area (Å²) >= 11 is 0. The number of amides is 1. The Kier molecular flexibility index (Phi) is 4.49. The summed E-state index contributed by atoms with van der Waals surface area (Å²) in [5.41, 5.74) is 0. The average Bonchev–Trinajstić information content (AvgIpc) is 3.09. The fourth-order valence-corrected chi connectivity index (χ4v) is 4.99. The van der Waals surface area contributed by atoms with Gasteiger partial charge >= 0.3 is 0 Å². The first-order valence-corrected chi connectivity index (χ1v) is 9.40. The van der Waals surface area contributed by atoms with Crippen molar-refractivity contribution in [2.24, 2.45) is 0 Å². The number of hydrogen-bond acceptors (Lipinski definition) is 3. The fraction of sp³-hybridized carbons (Fsp3) is 0.562. The molecule has 120 valence electrons. The maximum absolute atomic E-state index is 12.9. The average molecular weight is 322 g/mol. The van der Waals surface area contributed by atoms with Gasteiger partial charge in [-0.15, -0.1) is 0 Å². The lowest BCUT2D eigenvalue weighted by Gasteiger charge is -2.35. The van der Waals surface area contributed by atoms with Crippen molar-refractivity contribution in [3.63, 3.8) is 0 Å². The molecular weight excluding hydrogens is 300 g/mol. The first-order chi connectivity index (χ1) is 10.6. The van der Waals surface area contributed by atoms with Crippen LogP contribution in [0.15, 0.2) is 35.2 Å². The van der Waals surface area contributed by atoms with E-state index in [-0.39, 0.29) is 10.8 Å². The third-order valence-electron chi connectivity index (χ3n) is 4.51. The molecule has 0 aromatic heterocycles. The van der Waals surface area contributed by atoms with Crippen molar-refractivity contribution < 1.29 is 13.2 Å². The van der Waals surface area contributed by atoms with Crippen molar-refractivity contribution in [3.05, 3.63) is 30.3 Å². The third kappa shape index (κ3) is 2.90. The van der Waals surface area contributed by atoms with Crippen LogP contribution in [0.4, 0.5) is 0 Å². The molecule has 1 atom stereocenters. The van der Waals surface area contributed by atoms with E-state index in [0.29, 0.717) is 13.0 Å². The van der Waals surface area contributed by atoms with E-state index in [0.717, 1.165) is 38.8 Å². The van der Waals surface area contributed by atoms with Gasteiger partial charge in [0.15, 0.2) is 0 Å². The Labute approximate surface area is 132 Å². The van der Waals surface area contributed by atoms with Crippen LogP contribution in [-0.4, -0.2) is 49.2 Å². The lowest BCUT2D eigenvalue weighted by Crippen LogP contribution is -2.52. The van der Waals surface area contributed by atoms with Crippen molar-refractivity contribution in [2.45, 2.75) is 43.0 Å². The Balaban J connectivity index is 1.87. The molecule has 0 aliphatic carbocycles. The highest BCUT2D eigenvalue weighted by molar-refractivity contribution is 7.89. The summed E-state index contributed by atoms with van der Waals surface area (Å²) in [6.45, 7) is 1.95. The number of benzene rings is 1. The minimum atomic E-state index is -3.60. The quantitative estimate of drug-likeness (QED) is 0.853. The van der Waals surface area contributed by atoms with Gasteiger partial charge in [0.2, 0.25) is 15.9 Å². The van der Waals surface area contributed by atoms with E-state index in [2.05, 4.69) is 0 Å². The molecule has 2 aliphatic rings. The molecule has 2 fully saturated rings. The van der Waals surface area contributed by atoms with Crippen LogP contribution in [0.25, 0.3) is 0 Å². The van der Waals surface area contributed by atoms with E-state index in [1.165, 1.54) is 4.31 Å². The van der Waals surface area contributed by atoms with E-state index in [1.54, 1.807) is 30.3 Å². The summed E-state index contributed by atoms with van der Waals surface area (Å²) in [5.74, 6) is -0.0169. The van der Waals surface area contributed by atoms with Crippen LogP contribution in [0.5, 0.6) is 0 Å². The topological polar surface area (TPSA) is 57.7 Å². The van der Waals surface area contributed by atoms with Crippen molar-refractivity contribution in [3.8, 4) is 0 Å². The second-order valence-corrected chi connectivity index (χ2v) is 7.86. The van der Waals surface area contributed by atoms with Crippen molar-refractivity contribution in [1.82, 2.24) is 9.21 Å². The molecule has 0 N–H and O–H groups in total. The van der Waals surface area contributed by atoms with Crippen LogP contribution in [0.3, 0.4) is 0 Å². The molecule has 2 aliphatic heterocycles. The van der Waals surface area contributed by atoms with Crippen LogP contribution < -0.4 is 0 Å². The summed E-state index contributed by atoms with van der Waals surface area (Å²) in [6.07, 6.45) is 4.39. The van der Waals surface area contributed by atoms with E-state index < -0.39 is 16.1 Å². The maximum Gasteiger partial charge on any atom is 0.243 e. The number of sulfonamides is 1. The van der Waals surface area contributed by atoms with Gasteiger partial charge in [0.25, 0.3) is 0 Å². The molecule has 1 aromatic rings. The summed E-state index contributed by atoms with van der Waals surface area (Å²) in [5, 5.41) is 0. The van der Waals surface area contributed by atoms with Crippen LogP contribution in [0.2, 0.25) is 0 Å². The van der Waals surface area contributed by atoms with Gasteiger partial charge in [-0.25, -0.2) is 8.42 Å². The zero-order chi connectivity index (χ0) is 15.6. The smallest absolute Gasteiger partial charge is 0.243 e. The molecule has 2 heterocycles. The van der Waals surface area contributed by atoms with E-state index in [1.807, 2.05) is 4.90 Å². The number of hydrogen-bond donors (Lipinski definition) is 0. The Morgan fingerprint density at radius 3 is 2.27 bits per heavy atom. The van der Waals surface area contributed by atoms with Crippen LogP contribution in [0, 0.1) is 0 Å². The minimum Gasteiger partial charge on any atom is -0.341 e. The molecule has 6 heteroatoms. The minimum absolute atomic E-state index is 0.0169. The predicted octanol–water partition coefficient (Wildman–Crippen LogP) is 1.85. The molecule has 0 radical (unpaired) electrons. The van der Waals surface area contributed by atoms with Crippen molar-refractivity contribution >= 4 is 15.9 Å². The fourth-order valence-electron chi connectivity index (χ4n) is 3.32. The second-order valence-electron chi connectivity index (χ2n) is 5.97. The number of nitrogens with zero attached hydrogens (tertiary/aromatic N) is 2. The number of carbonyl (C=O) groups is 1. The van der Waals surface area contributed by atoms with Gasteiger partial charge in [-0.2, -0.15) is 4.31 Å². The zero-order valence-electron chi connectivity index (χ0n) is 12.6. The summed E-state index contributed by atoms with van der Waals surface area (Å²) in [4.78, 5) is 14.8. The van der Waals surface area contributed by atoms with Gasteiger partial charge in [-0.1, -0.05) is 24.6 Å². The van der Waals surface area contributed by atoms with Crippen LogP contribution in [0.1, 0.15) is 32.1 Å². The van der Waals surface area contributed by atoms with Gasteiger partial charge in [0.1, 0.15) is 6.04 Å². The first kappa shape index (κ1) is 15.5. The number of rotatable bonds is 3. The molecule has 1 aromatic carbocycles. The second kappa shape index (κ2) is 6.38. The molecule has 3 rings (SSSR count). The Hall–Kier alpha value is -1.40. The molecule has 0 bridgehead atoms. The standard InChI is InChI=1S/C16H22N2O3S/c19-16(17-11-6-7-12-17)15-10-4-5-13-18(15)22(20,21)14-8-2-1-3-9-14/h1-3,8-9,15H,4-7,10-13H2/t15-/m0/s1. The molecule has 1 amide bonds. The molecule has 2 saturated heterocycles. The highest BCUT2D eigenvalue weighted by atomic mass is 32.2. The highest BCUT2D eigenvalue weighted by Crippen LogP contribution is 2.27. The number of carbonyl (C=O) groups excluding carboxylic acids is 1. The molecule has 0 saturated carbocycles. The molecular formula is C16H22N2O3S. The lowest BCUT2D eigenvalue weighted by atomic mass is 10.0. The van der Waals surface area contributed by atoms with E-state index in [4.69, 9.17) is 0 Å². The number of likely N-dealkylation sites (tertiary alicyclic amines) is 1. The Bertz CT molecular complexity index is 624. The highest BCUT2D eigenvalue weighted by Gasteiger charge is 2.39. The van der Waals surface area contributed by atoms with Gasteiger partial charge < -0.3 is 4.90 Å². The maximum atomic E-state index is 12.9. The largest absolute Gasteiger partial charge is 0.341 e. The van der Waals surface area contributed by atoms with Gasteiger partial charge in [0.05, 0.1) is 4.90 Å². The monoisotopic (exact) mass is 322 g/mol. The van der Waals surface area contributed by atoms with Gasteiger partial charge in [-0.3, -0.25) is 4.79 Å². The molecule has 0 spiro atoms. The van der Waals surface area contributed by atoms with Gasteiger partial charge in [0, 0.05) is 19.6 Å². The zero-order valence-corrected chi connectivity index (χ0v) is 13.5. The Morgan fingerprint density at radius 1 is 0.955 bits per heavy atom.